The maximum Gasteiger partial charge on any atom is 0.129 e. The van der Waals surface area contributed by atoms with Crippen LogP contribution < -0.4 is 5.73 Å². The van der Waals surface area contributed by atoms with Gasteiger partial charge in [-0.15, -0.1) is 0 Å². The Balaban J connectivity index is 2.22. The van der Waals surface area contributed by atoms with Gasteiger partial charge in [-0.3, -0.25) is 0 Å². The lowest BCUT2D eigenvalue weighted by atomic mass is 10.1. The molecule has 1 saturated carbocycles. The van der Waals surface area contributed by atoms with Gasteiger partial charge >= 0.3 is 0 Å². The second kappa shape index (κ2) is 3.07. The van der Waals surface area contributed by atoms with E-state index in [4.69, 9.17) is 5.73 Å². The van der Waals surface area contributed by atoms with Crippen molar-refractivity contribution in [1.82, 2.24) is 0 Å². The van der Waals surface area contributed by atoms with Gasteiger partial charge in [0.2, 0.25) is 0 Å². The van der Waals surface area contributed by atoms with Gasteiger partial charge in [-0.05, 0) is 36.4 Å². The Morgan fingerprint density at radius 2 is 2.15 bits per heavy atom. The van der Waals surface area contributed by atoms with E-state index in [1.165, 1.54) is 12.1 Å². The Morgan fingerprint density at radius 3 is 2.69 bits per heavy atom. The van der Waals surface area contributed by atoms with Crippen molar-refractivity contribution in [3.8, 4) is 0 Å². The largest absolute Gasteiger partial charge is 0.330 e. The minimum atomic E-state index is -0.522. The zero-order valence-electron chi connectivity index (χ0n) is 7.13. The van der Waals surface area contributed by atoms with Crippen molar-refractivity contribution in [2.24, 2.45) is 11.7 Å². The Bertz CT molecular complexity index is 325. The molecule has 0 heterocycles. The van der Waals surface area contributed by atoms with Crippen LogP contribution in [0.25, 0.3) is 0 Å². The molecule has 0 saturated heterocycles. The number of benzene rings is 1. The van der Waals surface area contributed by atoms with E-state index in [9.17, 15) is 8.78 Å². The van der Waals surface area contributed by atoms with Crippen LogP contribution in [-0.2, 0) is 0 Å². The first-order chi connectivity index (χ1) is 6.22. The third-order valence-electron chi connectivity index (χ3n) is 2.59. The van der Waals surface area contributed by atoms with Gasteiger partial charge in [0.15, 0.2) is 0 Å². The van der Waals surface area contributed by atoms with E-state index in [0.29, 0.717) is 18.0 Å². The molecule has 0 spiro atoms. The molecule has 2 rings (SSSR count). The number of nitrogens with two attached hydrogens (primary N) is 1. The minimum absolute atomic E-state index is 0.214. The summed E-state index contributed by atoms with van der Waals surface area (Å²) in [5.74, 6) is -0.363. The van der Waals surface area contributed by atoms with Gasteiger partial charge in [0, 0.05) is 6.07 Å². The van der Waals surface area contributed by atoms with Crippen molar-refractivity contribution < 1.29 is 8.78 Å². The second-order valence-electron chi connectivity index (χ2n) is 3.50. The lowest BCUT2D eigenvalue weighted by Crippen LogP contribution is -2.02. The summed E-state index contributed by atoms with van der Waals surface area (Å²) < 4.78 is 25.7. The molecular formula is C10H11F2N. The van der Waals surface area contributed by atoms with Crippen LogP contribution in [0.15, 0.2) is 18.2 Å². The smallest absolute Gasteiger partial charge is 0.129 e. The molecule has 3 heteroatoms. The summed E-state index contributed by atoms with van der Waals surface area (Å²) in [5.41, 5.74) is 6.05. The normalized spacial score (nSPS) is 26.1. The maximum atomic E-state index is 13.2. The van der Waals surface area contributed by atoms with Crippen molar-refractivity contribution in [1.29, 1.82) is 0 Å². The SMILES string of the molecule is NC[C@H]1C[C@@H]1c1ccc(F)cc1F. The first-order valence-corrected chi connectivity index (χ1v) is 4.37. The van der Waals surface area contributed by atoms with Gasteiger partial charge in [-0.25, -0.2) is 8.78 Å². The van der Waals surface area contributed by atoms with Gasteiger partial charge in [-0.1, -0.05) is 6.07 Å². The summed E-state index contributed by atoms with van der Waals surface area (Å²) >= 11 is 0. The Hall–Kier alpha value is -0.960. The number of rotatable bonds is 2. The topological polar surface area (TPSA) is 26.0 Å². The number of hydrogen-bond donors (Lipinski definition) is 1. The maximum absolute atomic E-state index is 13.2. The predicted octanol–water partition coefficient (Wildman–Crippen LogP) is 2.03. The second-order valence-corrected chi connectivity index (χ2v) is 3.50. The Morgan fingerprint density at radius 1 is 1.38 bits per heavy atom. The first kappa shape index (κ1) is 8.63. The average Bonchev–Trinajstić information content (AvgIpc) is 2.83. The van der Waals surface area contributed by atoms with Gasteiger partial charge < -0.3 is 5.73 Å². The molecule has 1 aromatic rings. The third-order valence-corrected chi connectivity index (χ3v) is 2.59. The van der Waals surface area contributed by atoms with Gasteiger partial charge in [0.1, 0.15) is 11.6 Å². The molecule has 0 unspecified atom stereocenters. The van der Waals surface area contributed by atoms with Gasteiger partial charge in [0.25, 0.3) is 0 Å². The summed E-state index contributed by atoms with van der Waals surface area (Å²) in [6, 6.07) is 3.75. The zero-order valence-corrected chi connectivity index (χ0v) is 7.13. The fourth-order valence-electron chi connectivity index (χ4n) is 1.69. The molecule has 1 aromatic carbocycles. The standard InChI is InChI=1S/C10H11F2N/c11-7-1-2-8(10(12)4-7)9-3-6(9)5-13/h1-2,4,6,9H,3,5,13H2/t6-,9+/m1/s1. The molecule has 1 nitrogen and oxygen atoms in total. The summed E-state index contributed by atoms with van der Waals surface area (Å²) in [4.78, 5) is 0. The molecule has 0 amide bonds. The van der Waals surface area contributed by atoms with E-state index >= 15 is 0 Å². The van der Waals surface area contributed by atoms with Crippen LogP contribution in [0.4, 0.5) is 8.78 Å². The first-order valence-electron chi connectivity index (χ1n) is 4.37. The van der Waals surface area contributed by atoms with Gasteiger partial charge in [-0.2, -0.15) is 0 Å². The molecular weight excluding hydrogens is 172 g/mol. The Labute approximate surface area is 75.6 Å². The fraction of sp³-hybridized carbons (Fsp3) is 0.400. The summed E-state index contributed by atoms with van der Waals surface area (Å²) in [6.45, 7) is 0.585. The minimum Gasteiger partial charge on any atom is -0.330 e. The highest BCUT2D eigenvalue weighted by Crippen LogP contribution is 2.47. The van der Waals surface area contributed by atoms with Crippen molar-refractivity contribution >= 4 is 0 Å². The quantitative estimate of drug-likeness (QED) is 0.745. The predicted molar refractivity (Wildman–Crippen MR) is 46.3 cm³/mol. The fourth-order valence-corrected chi connectivity index (χ4v) is 1.69. The van der Waals surface area contributed by atoms with Crippen LogP contribution in [0.1, 0.15) is 17.9 Å². The highest BCUT2D eigenvalue weighted by Gasteiger charge is 2.38. The molecule has 0 bridgehead atoms. The van der Waals surface area contributed by atoms with E-state index in [0.717, 1.165) is 12.5 Å². The molecule has 0 aliphatic heterocycles. The van der Waals surface area contributed by atoms with Gasteiger partial charge in [0.05, 0.1) is 0 Å². The average molecular weight is 183 g/mol. The third kappa shape index (κ3) is 1.56. The summed E-state index contributed by atoms with van der Waals surface area (Å²) in [7, 11) is 0. The number of hydrogen-bond acceptors (Lipinski definition) is 1. The Kier molecular flexibility index (Phi) is 2.04. The summed E-state index contributed by atoms with van der Waals surface area (Å²) in [6.07, 6.45) is 0.930. The lowest BCUT2D eigenvalue weighted by Gasteiger charge is -2.00. The van der Waals surface area contributed by atoms with E-state index < -0.39 is 11.6 Å². The molecule has 70 valence electrons. The van der Waals surface area contributed by atoms with Crippen molar-refractivity contribution in [2.75, 3.05) is 6.54 Å². The van der Waals surface area contributed by atoms with E-state index in [-0.39, 0.29) is 5.92 Å². The molecule has 2 N–H and O–H groups in total. The van der Waals surface area contributed by atoms with E-state index in [1.54, 1.807) is 0 Å². The van der Waals surface area contributed by atoms with Crippen LogP contribution in [0, 0.1) is 17.6 Å². The number of halogens is 2. The van der Waals surface area contributed by atoms with Crippen molar-refractivity contribution in [3.63, 3.8) is 0 Å². The molecule has 2 atom stereocenters. The highest BCUT2D eigenvalue weighted by atomic mass is 19.1. The zero-order chi connectivity index (χ0) is 9.42. The molecule has 0 aromatic heterocycles. The summed E-state index contributed by atoms with van der Waals surface area (Å²) in [5, 5.41) is 0. The van der Waals surface area contributed by atoms with Crippen molar-refractivity contribution in [2.45, 2.75) is 12.3 Å². The van der Waals surface area contributed by atoms with Crippen molar-refractivity contribution in [3.05, 3.63) is 35.4 Å². The molecule has 1 aliphatic rings. The van der Waals surface area contributed by atoms with Crippen LogP contribution in [-0.4, -0.2) is 6.54 Å². The highest BCUT2D eigenvalue weighted by molar-refractivity contribution is 5.28. The van der Waals surface area contributed by atoms with Crippen LogP contribution in [0.5, 0.6) is 0 Å². The lowest BCUT2D eigenvalue weighted by molar-refractivity contribution is 0.570. The molecule has 1 aliphatic carbocycles. The van der Waals surface area contributed by atoms with E-state index in [1.807, 2.05) is 0 Å². The molecule has 1 fully saturated rings. The van der Waals surface area contributed by atoms with Crippen LogP contribution >= 0.6 is 0 Å². The van der Waals surface area contributed by atoms with Crippen LogP contribution in [0.3, 0.4) is 0 Å². The van der Waals surface area contributed by atoms with Crippen LogP contribution in [0.2, 0.25) is 0 Å². The monoisotopic (exact) mass is 183 g/mol. The molecule has 13 heavy (non-hydrogen) atoms. The van der Waals surface area contributed by atoms with E-state index in [2.05, 4.69) is 0 Å². The molecule has 0 radical (unpaired) electrons.